The van der Waals surface area contributed by atoms with Gasteiger partial charge in [0.05, 0.1) is 0 Å². The molecule has 18 heavy (non-hydrogen) atoms. The molecule has 0 spiro atoms. The third-order valence-electron chi connectivity index (χ3n) is 2.82. The number of rotatable bonds is 3. The number of phenols is 1. The van der Waals surface area contributed by atoms with Crippen LogP contribution in [0.1, 0.15) is 16.7 Å². The van der Waals surface area contributed by atoms with Crippen molar-refractivity contribution in [2.75, 3.05) is 5.32 Å². The summed E-state index contributed by atoms with van der Waals surface area (Å²) in [6, 6.07) is 10.2. The maximum atomic E-state index is 13.1. The summed E-state index contributed by atoms with van der Waals surface area (Å²) < 4.78 is 13.1. The Kier molecular flexibility index (Phi) is 3.51. The molecule has 0 saturated heterocycles. The third kappa shape index (κ3) is 3.00. The Balaban J connectivity index is 2.13. The van der Waals surface area contributed by atoms with Gasteiger partial charge in [-0.05, 0) is 48.7 Å². The summed E-state index contributed by atoms with van der Waals surface area (Å²) in [6.07, 6.45) is 0. The highest BCUT2D eigenvalue weighted by molar-refractivity contribution is 5.52. The van der Waals surface area contributed by atoms with Gasteiger partial charge in [-0.3, -0.25) is 0 Å². The molecule has 0 unspecified atom stereocenters. The van der Waals surface area contributed by atoms with Gasteiger partial charge >= 0.3 is 0 Å². The zero-order valence-electron chi connectivity index (χ0n) is 10.5. The number of nitrogens with one attached hydrogen (secondary N) is 1. The number of benzene rings is 2. The zero-order valence-corrected chi connectivity index (χ0v) is 10.5. The number of aryl methyl sites for hydroxylation is 2. The van der Waals surface area contributed by atoms with Crippen LogP contribution in [0.4, 0.5) is 10.1 Å². The van der Waals surface area contributed by atoms with Crippen LogP contribution in [0, 0.1) is 19.7 Å². The van der Waals surface area contributed by atoms with Crippen LogP contribution in [0.3, 0.4) is 0 Å². The molecule has 0 aromatic heterocycles. The molecule has 0 atom stereocenters. The highest BCUT2D eigenvalue weighted by atomic mass is 19.1. The molecule has 0 radical (unpaired) electrons. The summed E-state index contributed by atoms with van der Waals surface area (Å²) in [6.45, 7) is 4.53. The molecule has 0 heterocycles. The maximum Gasteiger partial charge on any atom is 0.127 e. The topological polar surface area (TPSA) is 32.3 Å². The van der Waals surface area contributed by atoms with Crippen LogP contribution in [0.25, 0.3) is 0 Å². The van der Waals surface area contributed by atoms with Gasteiger partial charge in [-0.25, -0.2) is 4.39 Å². The maximum absolute atomic E-state index is 13.1. The van der Waals surface area contributed by atoms with Crippen molar-refractivity contribution in [2.24, 2.45) is 0 Å². The zero-order chi connectivity index (χ0) is 13.1. The van der Waals surface area contributed by atoms with Crippen LogP contribution < -0.4 is 5.32 Å². The number of halogens is 1. The quantitative estimate of drug-likeness (QED) is 0.863. The van der Waals surface area contributed by atoms with E-state index in [1.54, 1.807) is 6.07 Å². The van der Waals surface area contributed by atoms with E-state index in [1.165, 1.54) is 11.6 Å². The molecule has 0 amide bonds. The molecule has 0 aliphatic heterocycles. The lowest BCUT2D eigenvalue weighted by molar-refractivity contribution is 0.468. The summed E-state index contributed by atoms with van der Waals surface area (Å²) in [5, 5.41) is 12.6. The van der Waals surface area contributed by atoms with Crippen LogP contribution in [0.5, 0.6) is 5.75 Å². The summed E-state index contributed by atoms with van der Waals surface area (Å²) in [4.78, 5) is 0. The molecule has 2 aromatic rings. The number of hydrogen-bond donors (Lipinski definition) is 2. The molecule has 0 aliphatic rings. The molecule has 94 valence electrons. The van der Waals surface area contributed by atoms with Crippen molar-refractivity contribution in [3.8, 4) is 5.75 Å². The summed E-state index contributed by atoms with van der Waals surface area (Å²) in [5.74, 6) is -0.472. The van der Waals surface area contributed by atoms with E-state index in [0.717, 1.165) is 17.3 Å². The molecule has 0 bridgehead atoms. The largest absolute Gasteiger partial charge is 0.508 e. The average Bonchev–Trinajstić information content (AvgIpc) is 2.29. The Morgan fingerprint density at radius 1 is 1.11 bits per heavy atom. The van der Waals surface area contributed by atoms with Crippen molar-refractivity contribution in [1.29, 1.82) is 0 Å². The van der Waals surface area contributed by atoms with E-state index in [0.29, 0.717) is 12.1 Å². The molecule has 2 aromatic carbocycles. The molecule has 0 fully saturated rings. The SMILES string of the molecule is Cc1ccc(C)c(NCc2cc(O)cc(F)c2)c1. The van der Waals surface area contributed by atoms with E-state index in [2.05, 4.69) is 17.4 Å². The Labute approximate surface area is 106 Å². The van der Waals surface area contributed by atoms with E-state index in [4.69, 9.17) is 0 Å². The van der Waals surface area contributed by atoms with Crippen molar-refractivity contribution < 1.29 is 9.50 Å². The molecule has 2 rings (SSSR count). The predicted octanol–water partition coefficient (Wildman–Crippen LogP) is 3.76. The van der Waals surface area contributed by atoms with Gasteiger partial charge in [0.1, 0.15) is 11.6 Å². The second-order valence-corrected chi connectivity index (χ2v) is 4.49. The highest BCUT2D eigenvalue weighted by Crippen LogP contribution is 2.19. The Morgan fingerprint density at radius 2 is 1.89 bits per heavy atom. The van der Waals surface area contributed by atoms with Gasteiger partial charge in [0.25, 0.3) is 0 Å². The summed E-state index contributed by atoms with van der Waals surface area (Å²) >= 11 is 0. The summed E-state index contributed by atoms with van der Waals surface area (Å²) in [7, 11) is 0. The fraction of sp³-hybridized carbons (Fsp3) is 0.200. The van der Waals surface area contributed by atoms with Gasteiger partial charge in [0, 0.05) is 18.3 Å². The molecule has 3 heteroatoms. The smallest absolute Gasteiger partial charge is 0.127 e. The van der Waals surface area contributed by atoms with E-state index in [1.807, 2.05) is 19.9 Å². The first kappa shape index (κ1) is 12.4. The predicted molar refractivity (Wildman–Crippen MR) is 71.3 cm³/mol. The number of hydrogen-bond acceptors (Lipinski definition) is 2. The van der Waals surface area contributed by atoms with Gasteiger partial charge in [-0.2, -0.15) is 0 Å². The van der Waals surface area contributed by atoms with E-state index < -0.39 is 5.82 Å². The molecule has 0 aliphatic carbocycles. The molecule has 2 N–H and O–H groups in total. The van der Waals surface area contributed by atoms with Gasteiger partial charge < -0.3 is 10.4 Å². The van der Waals surface area contributed by atoms with Crippen LogP contribution in [-0.4, -0.2) is 5.11 Å². The molecular formula is C15H16FNO. The van der Waals surface area contributed by atoms with Crippen molar-refractivity contribution in [2.45, 2.75) is 20.4 Å². The normalized spacial score (nSPS) is 10.4. The molecule has 2 nitrogen and oxygen atoms in total. The minimum atomic E-state index is -0.423. The van der Waals surface area contributed by atoms with Crippen LogP contribution >= 0.6 is 0 Å². The monoisotopic (exact) mass is 245 g/mol. The van der Waals surface area contributed by atoms with Crippen LogP contribution in [-0.2, 0) is 6.54 Å². The lowest BCUT2D eigenvalue weighted by atomic mass is 10.1. The van der Waals surface area contributed by atoms with Crippen molar-refractivity contribution >= 4 is 5.69 Å². The second-order valence-electron chi connectivity index (χ2n) is 4.49. The number of phenolic OH excluding ortho intramolecular Hbond substituents is 1. The Bertz CT molecular complexity index is 546. The fourth-order valence-corrected chi connectivity index (χ4v) is 1.86. The Morgan fingerprint density at radius 3 is 2.61 bits per heavy atom. The first-order valence-corrected chi connectivity index (χ1v) is 5.84. The first-order chi connectivity index (χ1) is 8.54. The third-order valence-corrected chi connectivity index (χ3v) is 2.82. The standard InChI is InChI=1S/C15H16FNO/c1-10-3-4-11(2)15(5-10)17-9-12-6-13(16)8-14(18)7-12/h3-8,17-18H,9H2,1-2H3. The second kappa shape index (κ2) is 5.08. The van der Waals surface area contributed by atoms with E-state index >= 15 is 0 Å². The van der Waals surface area contributed by atoms with Crippen molar-refractivity contribution in [3.05, 3.63) is 58.9 Å². The van der Waals surface area contributed by atoms with Crippen LogP contribution in [0.2, 0.25) is 0 Å². The summed E-state index contributed by atoms with van der Waals surface area (Å²) in [5.41, 5.74) is 4.05. The van der Waals surface area contributed by atoms with Gasteiger partial charge in [-0.1, -0.05) is 12.1 Å². The van der Waals surface area contributed by atoms with Crippen molar-refractivity contribution in [1.82, 2.24) is 0 Å². The van der Waals surface area contributed by atoms with E-state index in [9.17, 15) is 9.50 Å². The van der Waals surface area contributed by atoms with Gasteiger partial charge in [0.15, 0.2) is 0 Å². The lowest BCUT2D eigenvalue weighted by Crippen LogP contribution is -2.01. The lowest BCUT2D eigenvalue weighted by Gasteiger charge is -2.11. The van der Waals surface area contributed by atoms with Crippen LogP contribution in [0.15, 0.2) is 36.4 Å². The molecule has 0 saturated carbocycles. The fourth-order valence-electron chi connectivity index (χ4n) is 1.86. The van der Waals surface area contributed by atoms with Gasteiger partial charge in [-0.15, -0.1) is 0 Å². The van der Waals surface area contributed by atoms with Crippen molar-refractivity contribution in [3.63, 3.8) is 0 Å². The minimum absolute atomic E-state index is 0.0484. The number of aromatic hydroxyl groups is 1. The minimum Gasteiger partial charge on any atom is -0.508 e. The molecular weight excluding hydrogens is 229 g/mol. The first-order valence-electron chi connectivity index (χ1n) is 5.84. The van der Waals surface area contributed by atoms with E-state index in [-0.39, 0.29) is 5.75 Å². The van der Waals surface area contributed by atoms with Gasteiger partial charge in [0.2, 0.25) is 0 Å². The highest BCUT2D eigenvalue weighted by Gasteiger charge is 2.02. The Hall–Kier alpha value is -2.03. The number of anilines is 1. The average molecular weight is 245 g/mol.